The van der Waals surface area contributed by atoms with Crippen LogP contribution in [-0.4, -0.2) is 17.5 Å². The first-order valence-electron chi connectivity index (χ1n) is 3.79. The first-order valence-corrected chi connectivity index (χ1v) is 4.23. The van der Waals surface area contributed by atoms with Crippen molar-refractivity contribution in [3.8, 4) is 0 Å². The lowest BCUT2D eigenvalue weighted by Gasteiger charge is -2.16. The third kappa shape index (κ3) is 4.25. The van der Waals surface area contributed by atoms with Gasteiger partial charge in [0.25, 0.3) is 0 Å². The van der Waals surface area contributed by atoms with Crippen molar-refractivity contribution in [2.24, 2.45) is 5.92 Å². The zero-order valence-corrected chi connectivity index (χ0v) is 8.18. The molecule has 3 heteroatoms. The minimum Gasteiger partial charge on any atom is -0.461 e. The van der Waals surface area contributed by atoms with E-state index in [1.54, 1.807) is 6.92 Å². The van der Waals surface area contributed by atoms with Gasteiger partial charge in [-0.25, -0.2) is 0 Å². The SMILES string of the molecule is CC(Cl)C(=O)OC(C)C(C)C. The number of esters is 1. The van der Waals surface area contributed by atoms with Crippen molar-refractivity contribution in [3.63, 3.8) is 0 Å². The highest BCUT2D eigenvalue weighted by Gasteiger charge is 2.16. The van der Waals surface area contributed by atoms with E-state index < -0.39 is 5.38 Å². The Morgan fingerprint density at radius 3 is 2.00 bits per heavy atom. The van der Waals surface area contributed by atoms with Crippen molar-refractivity contribution in [2.75, 3.05) is 0 Å². The van der Waals surface area contributed by atoms with Gasteiger partial charge in [-0.2, -0.15) is 0 Å². The molecule has 11 heavy (non-hydrogen) atoms. The second kappa shape index (κ2) is 4.60. The molecule has 0 aliphatic heterocycles. The molecule has 0 aliphatic carbocycles. The van der Waals surface area contributed by atoms with Crippen molar-refractivity contribution in [2.45, 2.75) is 39.2 Å². The van der Waals surface area contributed by atoms with Crippen LogP contribution in [0.2, 0.25) is 0 Å². The summed E-state index contributed by atoms with van der Waals surface area (Å²) < 4.78 is 5.00. The fourth-order valence-electron chi connectivity index (χ4n) is 0.413. The molecule has 0 amide bonds. The Morgan fingerprint density at radius 1 is 1.27 bits per heavy atom. The quantitative estimate of drug-likeness (QED) is 0.489. The normalized spacial score (nSPS) is 16.2. The number of ether oxygens (including phenoxy) is 1. The lowest BCUT2D eigenvalue weighted by atomic mass is 10.1. The molecule has 0 rings (SSSR count). The largest absolute Gasteiger partial charge is 0.461 e. The summed E-state index contributed by atoms with van der Waals surface area (Å²) in [6.07, 6.45) is -0.0521. The average molecular weight is 179 g/mol. The molecule has 0 N–H and O–H groups in total. The van der Waals surface area contributed by atoms with E-state index in [-0.39, 0.29) is 12.1 Å². The van der Waals surface area contributed by atoms with E-state index >= 15 is 0 Å². The number of rotatable bonds is 3. The Morgan fingerprint density at radius 2 is 1.73 bits per heavy atom. The molecule has 0 fully saturated rings. The monoisotopic (exact) mass is 178 g/mol. The molecule has 66 valence electrons. The molecule has 2 atom stereocenters. The summed E-state index contributed by atoms with van der Waals surface area (Å²) in [5.41, 5.74) is 0. The summed E-state index contributed by atoms with van der Waals surface area (Å²) in [4.78, 5) is 10.9. The van der Waals surface area contributed by atoms with Crippen LogP contribution >= 0.6 is 11.6 Å². The molecular weight excluding hydrogens is 164 g/mol. The van der Waals surface area contributed by atoms with Gasteiger partial charge in [-0.1, -0.05) is 13.8 Å². The summed E-state index contributed by atoms with van der Waals surface area (Å²) in [5.74, 6) is 0.00207. The van der Waals surface area contributed by atoms with E-state index in [2.05, 4.69) is 0 Å². The van der Waals surface area contributed by atoms with Crippen LogP contribution in [0.1, 0.15) is 27.7 Å². The molecule has 2 nitrogen and oxygen atoms in total. The molecule has 0 saturated carbocycles. The number of hydrogen-bond acceptors (Lipinski definition) is 2. The van der Waals surface area contributed by atoms with Crippen molar-refractivity contribution in [1.29, 1.82) is 0 Å². The number of carbonyl (C=O) groups excluding carboxylic acids is 1. The Balaban J connectivity index is 3.76. The number of hydrogen-bond donors (Lipinski definition) is 0. The Labute approximate surface area is 72.9 Å². The number of halogens is 1. The second-order valence-corrected chi connectivity index (χ2v) is 3.66. The van der Waals surface area contributed by atoms with Crippen LogP contribution < -0.4 is 0 Å². The molecule has 0 bridgehead atoms. The molecule has 0 saturated heterocycles. The highest BCUT2D eigenvalue weighted by atomic mass is 35.5. The van der Waals surface area contributed by atoms with Gasteiger partial charge >= 0.3 is 5.97 Å². The van der Waals surface area contributed by atoms with Crippen molar-refractivity contribution < 1.29 is 9.53 Å². The van der Waals surface area contributed by atoms with E-state index in [4.69, 9.17) is 16.3 Å². The van der Waals surface area contributed by atoms with E-state index in [9.17, 15) is 4.79 Å². The first-order chi connectivity index (χ1) is 4.95. The molecule has 0 aromatic heterocycles. The minimum atomic E-state index is -0.545. The predicted octanol–water partition coefficient (Wildman–Crippen LogP) is 2.20. The van der Waals surface area contributed by atoms with Gasteiger partial charge in [-0.15, -0.1) is 11.6 Å². The van der Waals surface area contributed by atoms with Gasteiger partial charge in [-0.3, -0.25) is 4.79 Å². The van der Waals surface area contributed by atoms with Crippen LogP contribution in [0.3, 0.4) is 0 Å². The van der Waals surface area contributed by atoms with Gasteiger partial charge in [0, 0.05) is 0 Å². The Bertz CT molecular complexity index is 132. The topological polar surface area (TPSA) is 26.3 Å². The average Bonchev–Trinajstić information content (AvgIpc) is 1.87. The molecule has 0 heterocycles. The van der Waals surface area contributed by atoms with Crippen molar-refractivity contribution in [1.82, 2.24) is 0 Å². The van der Waals surface area contributed by atoms with Crippen LogP contribution in [0.15, 0.2) is 0 Å². The smallest absolute Gasteiger partial charge is 0.324 e. The Hall–Kier alpha value is -0.240. The van der Waals surface area contributed by atoms with Gasteiger partial charge in [0.1, 0.15) is 11.5 Å². The van der Waals surface area contributed by atoms with Gasteiger partial charge < -0.3 is 4.74 Å². The van der Waals surface area contributed by atoms with E-state index in [1.807, 2.05) is 20.8 Å². The van der Waals surface area contributed by atoms with Crippen molar-refractivity contribution in [3.05, 3.63) is 0 Å². The second-order valence-electron chi connectivity index (χ2n) is 3.00. The zero-order chi connectivity index (χ0) is 9.02. The van der Waals surface area contributed by atoms with E-state index in [1.165, 1.54) is 0 Å². The lowest BCUT2D eigenvalue weighted by molar-refractivity contribution is -0.149. The van der Waals surface area contributed by atoms with Crippen LogP contribution in [-0.2, 0) is 9.53 Å². The van der Waals surface area contributed by atoms with Crippen LogP contribution in [0.5, 0.6) is 0 Å². The predicted molar refractivity (Wildman–Crippen MR) is 45.7 cm³/mol. The van der Waals surface area contributed by atoms with Crippen LogP contribution in [0.25, 0.3) is 0 Å². The van der Waals surface area contributed by atoms with Crippen LogP contribution in [0.4, 0.5) is 0 Å². The highest BCUT2D eigenvalue weighted by molar-refractivity contribution is 6.29. The zero-order valence-electron chi connectivity index (χ0n) is 7.43. The summed E-state index contributed by atoms with van der Waals surface area (Å²) in [6.45, 7) is 7.46. The summed E-state index contributed by atoms with van der Waals surface area (Å²) in [5, 5.41) is -0.545. The summed E-state index contributed by atoms with van der Waals surface area (Å²) >= 11 is 5.50. The van der Waals surface area contributed by atoms with Gasteiger partial charge in [0.05, 0.1) is 0 Å². The van der Waals surface area contributed by atoms with Crippen molar-refractivity contribution >= 4 is 17.6 Å². The molecule has 0 radical (unpaired) electrons. The fourth-order valence-corrected chi connectivity index (χ4v) is 0.464. The van der Waals surface area contributed by atoms with Gasteiger partial charge in [0.15, 0.2) is 0 Å². The lowest BCUT2D eigenvalue weighted by Crippen LogP contribution is -2.24. The number of alkyl halides is 1. The maximum Gasteiger partial charge on any atom is 0.324 e. The molecule has 0 spiro atoms. The highest BCUT2D eigenvalue weighted by Crippen LogP contribution is 2.08. The molecule has 0 aliphatic rings. The minimum absolute atomic E-state index is 0.0521. The van der Waals surface area contributed by atoms with E-state index in [0.29, 0.717) is 5.92 Å². The fraction of sp³-hybridized carbons (Fsp3) is 0.875. The molecule has 2 unspecified atom stereocenters. The third-order valence-electron chi connectivity index (χ3n) is 1.57. The van der Waals surface area contributed by atoms with Crippen LogP contribution in [0, 0.1) is 5.92 Å². The molecule has 0 aromatic carbocycles. The summed E-state index contributed by atoms with van der Waals surface area (Å²) in [7, 11) is 0. The first kappa shape index (κ1) is 10.8. The summed E-state index contributed by atoms with van der Waals surface area (Å²) in [6, 6.07) is 0. The van der Waals surface area contributed by atoms with Gasteiger partial charge in [0.2, 0.25) is 0 Å². The molecule has 0 aromatic rings. The van der Waals surface area contributed by atoms with Gasteiger partial charge in [-0.05, 0) is 19.8 Å². The Kier molecular flexibility index (Phi) is 4.50. The maximum atomic E-state index is 10.9. The number of carbonyl (C=O) groups is 1. The standard InChI is InChI=1S/C8H15ClO2/c1-5(2)7(4)11-8(10)6(3)9/h5-7H,1-4H3. The van der Waals surface area contributed by atoms with E-state index in [0.717, 1.165) is 0 Å². The third-order valence-corrected chi connectivity index (χ3v) is 1.74. The maximum absolute atomic E-state index is 10.9. The molecular formula is C8H15ClO2.